The Morgan fingerprint density at radius 2 is 1.04 bits per heavy atom. The minimum Gasteiger partial charge on any atom is -0.520 e. The summed E-state index contributed by atoms with van der Waals surface area (Å²) < 4.78 is 23.7. The van der Waals surface area contributed by atoms with Crippen LogP contribution in [0, 0.1) is 0 Å². The SMILES string of the molecule is C[Si](C)(C)OC(=O)C[C@@H](O[Si](C)(C)C)[C@H](O[Si](C)(C)C)C(=O)O[Si](C)(C)C. The Hall–Kier alpha value is -0.272. The molecule has 0 aromatic rings. The van der Waals surface area contributed by atoms with Gasteiger partial charge in [0.25, 0.3) is 5.97 Å². The monoisotopic (exact) mass is 452 g/mol. The first-order chi connectivity index (χ1) is 11.7. The Morgan fingerprint density at radius 1 is 0.630 bits per heavy atom. The fourth-order valence-corrected chi connectivity index (χ4v) is 5.84. The molecule has 0 aliphatic heterocycles. The first-order valence-electron chi connectivity index (χ1n) is 9.49. The summed E-state index contributed by atoms with van der Waals surface area (Å²) in [5.74, 6) is -0.775. The molecule has 10 heteroatoms. The quantitative estimate of drug-likeness (QED) is 0.452. The summed E-state index contributed by atoms with van der Waals surface area (Å²) in [6.07, 6.45) is -1.62. The summed E-state index contributed by atoms with van der Waals surface area (Å²) in [6.45, 7) is 23.8. The van der Waals surface area contributed by atoms with E-state index in [1.54, 1.807) is 0 Å². The second-order valence-electron chi connectivity index (χ2n) is 10.7. The molecule has 0 rings (SSSR count). The third kappa shape index (κ3) is 14.4. The van der Waals surface area contributed by atoms with Crippen LogP contribution in [0.4, 0.5) is 0 Å². The summed E-state index contributed by atoms with van der Waals surface area (Å²) in [4.78, 5) is 25.4. The van der Waals surface area contributed by atoms with E-state index in [1.165, 1.54) is 0 Å². The number of hydrogen-bond donors (Lipinski definition) is 0. The van der Waals surface area contributed by atoms with E-state index in [2.05, 4.69) is 0 Å². The molecule has 0 radical (unpaired) electrons. The van der Waals surface area contributed by atoms with Crippen LogP contribution in [0.3, 0.4) is 0 Å². The minimum atomic E-state index is -2.11. The molecule has 0 aliphatic rings. The molecule has 0 amide bonds. The van der Waals surface area contributed by atoms with Gasteiger partial charge in [-0.25, -0.2) is 0 Å². The Kier molecular flexibility index (Phi) is 9.39. The largest absolute Gasteiger partial charge is 0.520 e. The summed E-state index contributed by atoms with van der Waals surface area (Å²) in [5.41, 5.74) is 0. The number of rotatable bonds is 10. The molecule has 160 valence electrons. The van der Waals surface area contributed by atoms with Crippen LogP contribution in [0.15, 0.2) is 0 Å². The second-order valence-corrected chi connectivity index (χ2v) is 28.5. The van der Waals surface area contributed by atoms with E-state index in [-0.39, 0.29) is 12.4 Å². The predicted octanol–water partition coefficient (Wildman–Crippen LogP) is 4.57. The van der Waals surface area contributed by atoms with Crippen molar-refractivity contribution in [3.8, 4) is 0 Å². The lowest BCUT2D eigenvalue weighted by Crippen LogP contribution is -2.51. The van der Waals surface area contributed by atoms with Crippen molar-refractivity contribution in [3.63, 3.8) is 0 Å². The van der Waals surface area contributed by atoms with E-state index in [0.717, 1.165) is 0 Å². The van der Waals surface area contributed by atoms with Crippen molar-refractivity contribution in [2.45, 2.75) is 97.2 Å². The normalized spacial score (nSPS) is 15.9. The van der Waals surface area contributed by atoms with Crippen molar-refractivity contribution < 1.29 is 27.3 Å². The average Bonchev–Trinajstić information content (AvgIpc) is 2.27. The van der Waals surface area contributed by atoms with E-state index < -0.39 is 51.4 Å². The van der Waals surface area contributed by atoms with Gasteiger partial charge in [0.1, 0.15) is 0 Å². The van der Waals surface area contributed by atoms with Gasteiger partial charge in [-0.2, -0.15) is 0 Å². The van der Waals surface area contributed by atoms with Gasteiger partial charge in [-0.3, -0.25) is 9.59 Å². The van der Waals surface area contributed by atoms with Crippen molar-refractivity contribution in [2.75, 3.05) is 0 Å². The molecule has 2 atom stereocenters. The van der Waals surface area contributed by atoms with E-state index in [9.17, 15) is 9.59 Å². The van der Waals surface area contributed by atoms with Gasteiger partial charge in [0.15, 0.2) is 22.7 Å². The van der Waals surface area contributed by atoms with Crippen LogP contribution in [0.1, 0.15) is 6.42 Å². The summed E-state index contributed by atoms with van der Waals surface area (Å²) in [7, 11) is -8.27. The zero-order chi connectivity index (χ0) is 21.8. The van der Waals surface area contributed by atoms with Crippen LogP contribution in [0.25, 0.3) is 0 Å². The van der Waals surface area contributed by atoms with Crippen LogP contribution in [-0.2, 0) is 27.3 Å². The van der Waals surface area contributed by atoms with Gasteiger partial charge in [-0.1, -0.05) is 0 Å². The highest BCUT2D eigenvalue weighted by Crippen LogP contribution is 2.23. The van der Waals surface area contributed by atoms with E-state index in [4.69, 9.17) is 17.7 Å². The molecule has 0 fully saturated rings. The predicted molar refractivity (Wildman–Crippen MR) is 120 cm³/mol. The molecule has 0 unspecified atom stereocenters. The zero-order valence-corrected chi connectivity index (χ0v) is 23.3. The highest BCUT2D eigenvalue weighted by molar-refractivity contribution is 6.72. The molecule has 0 bridgehead atoms. The average molecular weight is 453 g/mol. The van der Waals surface area contributed by atoms with Gasteiger partial charge in [0.05, 0.1) is 12.5 Å². The first-order valence-corrected chi connectivity index (χ1v) is 23.1. The van der Waals surface area contributed by atoms with Crippen molar-refractivity contribution >= 4 is 45.2 Å². The van der Waals surface area contributed by atoms with Crippen molar-refractivity contribution in [1.82, 2.24) is 0 Å². The Balaban J connectivity index is 5.73. The fraction of sp³-hybridized carbons (Fsp3) is 0.882. The number of carbonyl (C=O) groups excluding carboxylic acids is 2. The van der Waals surface area contributed by atoms with Crippen LogP contribution >= 0.6 is 0 Å². The molecule has 0 heterocycles. The maximum Gasteiger partial charge on any atom is 0.323 e. The number of carbonyl (C=O) groups is 2. The van der Waals surface area contributed by atoms with Gasteiger partial charge in [0.2, 0.25) is 16.6 Å². The maximum atomic E-state index is 12.9. The standard InChI is InChI=1S/C17H40O6Si4/c1-24(2,3)20-14(13-15(18)21-25(4,5)6)16(22-26(7,8)9)17(19)23-27(10,11)12/h14,16H,13H2,1-12H3/t14-,16+/m1/s1. The lowest BCUT2D eigenvalue weighted by molar-refractivity contribution is -0.150. The highest BCUT2D eigenvalue weighted by Gasteiger charge is 2.41. The highest BCUT2D eigenvalue weighted by atomic mass is 28.4. The number of hydrogen-bond acceptors (Lipinski definition) is 6. The van der Waals surface area contributed by atoms with Crippen molar-refractivity contribution in [2.24, 2.45) is 0 Å². The molecule has 0 aromatic carbocycles. The molecule has 0 spiro atoms. The smallest absolute Gasteiger partial charge is 0.323 e. The molecule has 0 aromatic heterocycles. The van der Waals surface area contributed by atoms with Crippen LogP contribution in [0.2, 0.25) is 78.6 Å². The molecule has 27 heavy (non-hydrogen) atoms. The van der Waals surface area contributed by atoms with Crippen LogP contribution in [-0.4, -0.2) is 57.4 Å². The van der Waals surface area contributed by atoms with Crippen molar-refractivity contribution in [1.29, 1.82) is 0 Å². The van der Waals surface area contributed by atoms with Gasteiger partial charge in [-0.05, 0) is 78.6 Å². The summed E-state index contributed by atoms with van der Waals surface area (Å²) in [5, 5.41) is 0. The Bertz CT molecular complexity index is 511. The van der Waals surface area contributed by atoms with Gasteiger partial charge in [0, 0.05) is 0 Å². The lowest BCUT2D eigenvalue weighted by Gasteiger charge is -2.36. The molecule has 0 saturated heterocycles. The minimum absolute atomic E-state index is 0.00944. The van der Waals surface area contributed by atoms with E-state index in [0.29, 0.717) is 0 Å². The van der Waals surface area contributed by atoms with Gasteiger partial charge in [-0.15, -0.1) is 0 Å². The maximum absolute atomic E-state index is 12.9. The fourth-order valence-electron chi connectivity index (χ4n) is 2.23. The van der Waals surface area contributed by atoms with Gasteiger partial charge >= 0.3 is 5.97 Å². The van der Waals surface area contributed by atoms with E-state index >= 15 is 0 Å². The Morgan fingerprint density at radius 3 is 1.37 bits per heavy atom. The second kappa shape index (κ2) is 9.48. The first kappa shape index (κ1) is 26.7. The molecule has 0 aliphatic carbocycles. The van der Waals surface area contributed by atoms with Crippen LogP contribution in [0.5, 0.6) is 0 Å². The summed E-state index contributed by atoms with van der Waals surface area (Å²) in [6, 6.07) is 0. The van der Waals surface area contributed by atoms with Crippen molar-refractivity contribution in [3.05, 3.63) is 0 Å². The third-order valence-corrected chi connectivity index (χ3v) is 6.37. The zero-order valence-electron chi connectivity index (χ0n) is 19.3. The lowest BCUT2D eigenvalue weighted by atomic mass is 10.1. The molecular formula is C17H40O6Si4. The van der Waals surface area contributed by atoms with Crippen LogP contribution < -0.4 is 0 Å². The third-order valence-electron chi connectivity index (χ3n) is 2.75. The van der Waals surface area contributed by atoms with Gasteiger partial charge < -0.3 is 17.7 Å². The topological polar surface area (TPSA) is 71.1 Å². The van der Waals surface area contributed by atoms with E-state index in [1.807, 2.05) is 78.6 Å². The molecule has 0 saturated carbocycles. The molecule has 0 N–H and O–H groups in total. The summed E-state index contributed by atoms with van der Waals surface area (Å²) >= 11 is 0. The Labute approximate surface area is 169 Å². The molecule has 6 nitrogen and oxygen atoms in total. The molecular weight excluding hydrogens is 413 g/mol.